The van der Waals surface area contributed by atoms with Crippen molar-refractivity contribution in [1.82, 2.24) is 0 Å². The number of allylic oxidation sites excluding steroid dienone is 1. The first-order chi connectivity index (χ1) is 6.27. The second kappa shape index (κ2) is 5.37. The van der Waals surface area contributed by atoms with E-state index in [1.807, 2.05) is 13.0 Å². The van der Waals surface area contributed by atoms with Crippen molar-refractivity contribution < 1.29 is 9.47 Å². The van der Waals surface area contributed by atoms with Gasteiger partial charge >= 0.3 is 0 Å². The SMILES string of the molecule is C/C=C/C1OC1COCC(C)CN. The molecule has 1 fully saturated rings. The van der Waals surface area contributed by atoms with Crippen molar-refractivity contribution >= 4 is 0 Å². The van der Waals surface area contributed by atoms with Crippen molar-refractivity contribution in [2.45, 2.75) is 26.1 Å². The molecule has 76 valence electrons. The zero-order chi connectivity index (χ0) is 9.68. The quantitative estimate of drug-likeness (QED) is 0.495. The van der Waals surface area contributed by atoms with Gasteiger partial charge in [0, 0.05) is 0 Å². The normalized spacial score (nSPS) is 29.5. The largest absolute Gasteiger partial charge is 0.378 e. The Morgan fingerprint density at radius 1 is 1.62 bits per heavy atom. The zero-order valence-corrected chi connectivity index (χ0v) is 8.40. The van der Waals surface area contributed by atoms with Crippen LogP contribution in [0.4, 0.5) is 0 Å². The maximum absolute atomic E-state index is 5.46. The van der Waals surface area contributed by atoms with Gasteiger partial charge in [-0.2, -0.15) is 0 Å². The van der Waals surface area contributed by atoms with Gasteiger partial charge in [-0.3, -0.25) is 0 Å². The van der Waals surface area contributed by atoms with Gasteiger partial charge in [-0.25, -0.2) is 0 Å². The Hall–Kier alpha value is -0.380. The molecule has 0 radical (unpaired) electrons. The van der Waals surface area contributed by atoms with Crippen LogP contribution < -0.4 is 5.73 Å². The molecule has 1 heterocycles. The third kappa shape index (κ3) is 3.89. The second-order valence-corrected chi connectivity index (χ2v) is 3.54. The zero-order valence-electron chi connectivity index (χ0n) is 8.40. The van der Waals surface area contributed by atoms with Gasteiger partial charge in [0.05, 0.1) is 13.2 Å². The highest BCUT2D eigenvalue weighted by Gasteiger charge is 2.36. The predicted octanol–water partition coefficient (Wildman–Crippen LogP) is 0.941. The molecule has 3 unspecified atom stereocenters. The van der Waals surface area contributed by atoms with Crippen LogP contribution in [-0.4, -0.2) is 32.0 Å². The Bertz CT molecular complexity index is 170. The minimum Gasteiger partial charge on any atom is -0.378 e. The molecular weight excluding hydrogens is 166 g/mol. The molecule has 0 amide bonds. The lowest BCUT2D eigenvalue weighted by Crippen LogP contribution is -2.18. The Balaban J connectivity index is 1.96. The Kier molecular flexibility index (Phi) is 4.42. The van der Waals surface area contributed by atoms with E-state index in [9.17, 15) is 0 Å². The lowest BCUT2D eigenvalue weighted by Gasteiger charge is -2.07. The summed E-state index contributed by atoms with van der Waals surface area (Å²) in [7, 11) is 0. The van der Waals surface area contributed by atoms with E-state index in [2.05, 4.69) is 13.0 Å². The van der Waals surface area contributed by atoms with Crippen LogP contribution in [-0.2, 0) is 9.47 Å². The van der Waals surface area contributed by atoms with Crippen molar-refractivity contribution in [2.24, 2.45) is 11.7 Å². The first kappa shape index (κ1) is 10.7. The molecule has 0 spiro atoms. The maximum Gasteiger partial charge on any atom is 0.111 e. The van der Waals surface area contributed by atoms with Gasteiger partial charge in [-0.15, -0.1) is 0 Å². The molecule has 1 aliphatic heterocycles. The molecule has 0 aromatic rings. The first-order valence-electron chi connectivity index (χ1n) is 4.84. The van der Waals surface area contributed by atoms with E-state index in [4.69, 9.17) is 15.2 Å². The fourth-order valence-electron chi connectivity index (χ4n) is 1.10. The fourth-order valence-corrected chi connectivity index (χ4v) is 1.10. The van der Waals surface area contributed by atoms with Gasteiger partial charge in [0.25, 0.3) is 0 Å². The van der Waals surface area contributed by atoms with E-state index < -0.39 is 0 Å². The van der Waals surface area contributed by atoms with E-state index >= 15 is 0 Å². The fraction of sp³-hybridized carbons (Fsp3) is 0.800. The molecule has 1 rings (SSSR count). The molecule has 3 heteroatoms. The number of hydrogen-bond donors (Lipinski definition) is 1. The third-order valence-electron chi connectivity index (χ3n) is 2.09. The molecule has 0 saturated carbocycles. The van der Waals surface area contributed by atoms with Gasteiger partial charge < -0.3 is 15.2 Å². The van der Waals surface area contributed by atoms with Crippen molar-refractivity contribution in [1.29, 1.82) is 0 Å². The highest BCUT2D eigenvalue weighted by Crippen LogP contribution is 2.23. The van der Waals surface area contributed by atoms with Crippen LogP contribution in [0.15, 0.2) is 12.2 Å². The van der Waals surface area contributed by atoms with Crippen LogP contribution >= 0.6 is 0 Å². The first-order valence-corrected chi connectivity index (χ1v) is 4.84. The smallest absolute Gasteiger partial charge is 0.111 e. The molecule has 1 aliphatic rings. The van der Waals surface area contributed by atoms with E-state index in [-0.39, 0.29) is 12.2 Å². The summed E-state index contributed by atoms with van der Waals surface area (Å²) in [6.45, 7) is 6.19. The molecule has 0 aromatic heterocycles. The number of ether oxygens (including phenoxy) is 2. The topological polar surface area (TPSA) is 47.8 Å². The molecule has 13 heavy (non-hydrogen) atoms. The molecule has 3 atom stereocenters. The molecular formula is C10H19NO2. The van der Waals surface area contributed by atoms with Crippen LogP contribution in [0.25, 0.3) is 0 Å². The van der Waals surface area contributed by atoms with E-state index in [0.29, 0.717) is 19.1 Å². The Morgan fingerprint density at radius 3 is 3.00 bits per heavy atom. The minimum absolute atomic E-state index is 0.279. The highest BCUT2D eigenvalue weighted by molar-refractivity contribution is 5.01. The Morgan fingerprint density at radius 2 is 2.38 bits per heavy atom. The number of hydrogen-bond acceptors (Lipinski definition) is 3. The number of nitrogens with two attached hydrogens (primary N) is 1. The van der Waals surface area contributed by atoms with Crippen LogP contribution in [0.3, 0.4) is 0 Å². The van der Waals surface area contributed by atoms with E-state index in [1.165, 1.54) is 0 Å². The van der Waals surface area contributed by atoms with Crippen molar-refractivity contribution in [3.05, 3.63) is 12.2 Å². The summed E-state index contributed by atoms with van der Waals surface area (Å²) < 4.78 is 10.8. The molecule has 0 aliphatic carbocycles. The average molecular weight is 185 g/mol. The van der Waals surface area contributed by atoms with Gasteiger partial charge in [-0.1, -0.05) is 19.1 Å². The molecule has 2 N–H and O–H groups in total. The van der Waals surface area contributed by atoms with Crippen molar-refractivity contribution in [2.75, 3.05) is 19.8 Å². The summed E-state index contributed by atoms with van der Waals surface area (Å²) in [6.07, 6.45) is 4.63. The summed E-state index contributed by atoms with van der Waals surface area (Å²) in [6, 6.07) is 0. The molecule has 3 nitrogen and oxygen atoms in total. The molecule has 1 saturated heterocycles. The van der Waals surface area contributed by atoms with Crippen molar-refractivity contribution in [3.63, 3.8) is 0 Å². The summed E-state index contributed by atoms with van der Waals surface area (Å²) in [5, 5.41) is 0. The van der Waals surface area contributed by atoms with Crippen LogP contribution in [0.1, 0.15) is 13.8 Å². The lowest BCUT2D eigenvalue weighted by atomic mass is 10.2. The number of rotatable bonds is 6. The van der Waals surface area contributed by atoms with E-state index in [0.717, 1.165) is 6.61 Å². The predicted molar refractivity (Wildman–Crippen MR) is 52.5 cm³/mol. The summed E-state index contributed by atoms with van der Waals surface area (Å²) in [4.78, 5) is 0. The lowest BCUT2D eigenvalue weighted by molar-refractivity contribution is 0.0927. The van der Waals surface area contributed by atoms with Crippen LogP contribution in [0.5, 0.6) is 0 Å². The molecule has 0 aromatic carbocycles. The number of epoxide rings is 1. The summed E-state index contributed by atoms with van der Waals surface area (Å²) >= 11 is 0. The second-order valence-electron chi connectivity index (χ2n) is 3.54. The standard InChI is InChI=1S/C10H19NO2/c1-3-4-9-10(13-9)7-12-6-8(2)5-11/h3-4,8-10H,5-7,11H2,1-2H3/b4-3+. The minimum atomic E-state index is 0.279. The van der Waals surface area contributed by atoms with Gasteiger partial charge in [0.1, 0.15) is 12.2 Å². The average Bonchev–Trinajstić information content (AvgIpc) is 2.84. The molecule has 0 bridgehead atoms. The van der Waals surface area contributed by atoms with Crippen molar-refractivity contribution in [3.8, 4) is 0 Å². The summed E-state index contributed by atoms with van der Waals surface area (Å²) in [5.74, 6) is 0.443. The monoisotopic (exact) mass is 185 g/mol. The van der Waals surface area contributed by atoms with Crippen LogP contribution in [0, 0.1) is 5.92 Å². The van der Waals surface area contributed by atoms with Gasteiger partial charge in [-0.05, 0) is 19.4 Å². The van der Waals surface area contributed by atoms with Gasteiger partial charge in [0.15, 0.2) is 0 Å². The van der Waals surface area contributed by atoms with Gasteiger partial charge in [0.2, 0.25) is 0 Å². The third-order valence-corrected chi connectivity index (χ3v) is 2.09. The highest BCUT2D eigenvalue weighted by atomic mass is 16.6. The van der Waals surface area contributed by atoms with Crippen LogP contribution in [0.2, 0.25) is 0 Å². The summed E-state index contributed by atoms with van der Waals surface area (Å²) in [5.41, 5.74) is 5.46. The maximum atomic E-state index is 5.46. The Labute approximate surface area is 79.9 Å². The van der Waals surface area contributed by atoms with E-state index in [1.54, 1.807) is 0 Å².